The fourth-order valence-corrected chi connectivity index (χ4v) is 9.42. The average Bonchev–Trinajstić information content (AvgIpc) is 3.16. The summed E-state index contributed by atoms with van der Waals surface area (Å²) in [5.74, 6) is 0. The van der Waals surface area contributed by atoms with E-state index in [0.717, 1.165) is 50.2 Å². The fraction of sp³-hybridized carbons (Fsp3) is 0.0714. The molecule has 0 saturated heterocycles. The van der Waals surface area contributed by atoms with Gasteiger partial charge in [-0.2, -0.15) is 0 Å². The first-order valence-electron chi connectivity index (χ1n) is 16.0. The quantitative estimate of drug-likeness (QED) is 0.170. The van der Waals surface area contributed by atoms with Gasteiger partial charge in [0.1, 0.15) is 0 Å². The summed E-state index contributed by atoms with van der Waals surface area (Å²) in [6.45, 7) is 4.58. The van der Waals surface area contributed by atoms with Gasteiger partial charge in [-0.25, -0.2) is 0 Å². The molecule has 7 aromatic rings. The Hall–Kier alpha value is -5.64. The normalized spacial score (nSPS) is 14.4. The Balaban J connectivity index is 1.30. The average molecular weight is 641 g/mol. The van der Waals surface area contributed by atoms with Crippen LogP contribution in [-0.2, 0) is 9.98 Å². The molecule has 5 nitrogen and oxygen atoms in total. The van der Waals surface area contributed by atoms with E-state index in [1.54, 1.807) is 12.4 Å². The number of nitrogens with zero attached hydrogens (tertiary/aromatic N) is 4. The Morgan fingerprint density at radius 1 is 0.542 bits per heavy atom. The molecule has 0 N–H and O–H groups in total. The zero-order valence-electron chi connectivity index (χ0n) is 26.7. The third-order valence-electron chi connectivity index (χ3n) is 9.34. The van der Waals surface area contributed by atoms with Crippen molar-refractivity contribution in [2.45, 2.75) is 19.3 Å². The van der Waals surface area contributed by atoms with Crippen LogP contribution in [0.25, 0.3) is 22.5 Å². The Morgan fingerprint density at radius 3 is 1.60 bits per heavy atom. The predicted molar refractivity (Wildman–Crippen MR) is 197 cm³/mol. The molecule has 0 saturated carbocycles. The number of hydrogen-bond donors (Lipinski definition) is 0. The second-order valence-electron chi connectivity index (χ2n) is 12.5. The molecule has 4 aromatic carbocycles. The molecule has 0 spiro atoms. The molecule has 0 bridgehead atoms. The van der Waals surface area contributed by atoms with E-state index in [2.05, 4.69) is 94.4 Å². The highest BCUT2D eigenvalue weighted by atomic mass is 31.2. The summed E-state index contributed by atoms with van der Waals surface area (Å²) in [4.78, 5) is 15.9. The van der Waals surface area contributed by atoms with E-state index >= 15 is 4.57 Å². The van der Waals surface area contributed by atoms with Gasteiger partial charge in [0.25, 0.3) is 0 Å². The SMILES string of the molecule is CC1(C)c2cc(-c3ccccn3)ccc2N(c2ccc(P(=O)(c3ccccc3)c3cccnc3)cc2)c2ccc(-c3ccccn3)cc21. The first kappa shape index (κ1) is 29.7. The van der Waals surface area contributed by atoms with Gasteiger partial charge in [-0.3, -0.25) is 15.0 Å². The van der Waals surface area contributed by atoms with Crippen LogP contribution in [0.4, 0.5) is 17.1 Å². The maximum atomic E-state index is 15.1. The van der Waals surface area contributed by atoms with Crippen LogP contribution in [0.5, 0.6) is 0 Å². The lowest BCUT2D eigenvalue weighted by Crippen LogP contribution is -2.31. The molecule has 0 amide bonds. The summed E-state index contributed by atoms with van der Waals surface area (Å²) in [6, 6.07) is 47.0. The Morgan fingerprint density at radius 2 is 1.08 bits per heavy atom. The van der Waals surface area contributed by atoms with Crippen molar-refractivity contribution in [3.63, 3.8) is 0 Å². The summed E-state index contributed by atoms with van der Waals surface area (Å²) in [6.07, 6.45) is 7.11. The zero-order chi connectivity index (χ0) is 32.7. The molecule has 3 aromatic heterocycles. The molecule has 0 radical (unpaired) electrons. The minimum atomic E-state index is -3.17. The Bertz CT molecular complexity index is 2140. The number of fused-ring (bicyclic) bond motifs is 2. The van der Waals surface area contributed by atoms with E-state index in [0.29, 0.717) is 5.30 Å². The molecule has 0 aliphatic carbocycles. The van der Waals surface area contributed by atoms with Gasteiger partial charge in [-0.05, 0) is 96.1 Å². The van der Waals surface area contributed by atoms with Gasteiger partial charge in [-0.1, -0.05) is 68.4 Å². The smallest absolute Gasteiger partial charge is 0.172 e. The molecule has 1 atom stereocenters. The summed E-state index contributed by atoms with van der Waals surface area (Å²) >= 11 is 0. The van der Waals surface area contributed by atoms with Crippen molar-refractivity contribution in [2.24, 2.45) is 0 Å². The second kappa shape index (κ2) is 11.9. The highest BCUT2D eigenvalue weighted by Crippen LogP contribution is 2.53. The van der Waals surface area contributed by atoms with Crippen LogP contribution in [0.2, 0.25) is 0 Å². The molecular formula is C42H33N4OP. The number of benzene rings is 4. The molecular weight excluding hydrogens is 607 g/mol. The minimum absolute atomic E-state index is 0.319. The first-order valence-corrected chi connectivity index (χ1v) is 17.7. The Labute approximate surface area is 281 Å². The molecule has 48 heavy (non-hydrogen) atoms. The summed E-state index contributed by atoms with van der Waals surface area (Å²) in [7, 11) is -3.17. The predicted octanol–water partition coefficient (Wildman–Crippen LogP) is 8.95. The van der Waals surface area contributed by atoms with Gasteiger partial charge in [0.2, 0.25) is 0 Å². The zero-order valence-corrected chi connectivity index (χ0v) is 27.6. The van der Waals surface area contributed by atoms with Crippen molar-refractivity contribution >= 4 is 40.1 Å². The number of pyridine rings is 3. The van der Waals surface area contributed by atoms with Crippen molar-refractivity contribution in [3.8, 4) is 22.5 Å². The fourth-order valence-electron chi connectivity index (χ4n) is 6.84. The number of hydrogen-bond acceptors (Lipinski definition) is 5. The van der Waals surface area contributed by atoms with E-state index in [9.17, 15) is 0 Å². The minimum Gasteiger partial charge on any atom is -0.310 e. The van der Waals surface area contributed by atoms with Gasteiger partial charge in [0, 0.05) is 62.9 Å². The number of aromatic nitrogens is 3. The van der Waals surface area contributed by atoms with Crippen molar-refractivity contribution < 1.29 is 4.57 Å². The van der Waals surface area contributed by atoms with Gasteiger partial charge in [0.05, 0.1) is 22.8 Å². The van der Waals surface area contributed by atoms with Crippen LogP contribution >= 0.6 is 7.14 Å². The van der Waals surface area contributed by atoms with Gasteiger partial charge >= 0.3 is 0 Å². The maximum Gasteiger partial charge on any atom is 0.172 e. The molecule has 6 heteroatoms. The molecule has 1 unspecified atom stereocenters. The summed E-state index contributed by atoms with van der Waals surface area (Å²) in [5.41, 5.74) is 9.28. The van der Waals surface area contributed by atoms with Gasteiger partial charge in [-0.15, -0.1) is 0 Å². The molecule has 1 aliphatic heterocycles. The third kappa shape index (κ3) is 4.95. The largest absolute Gasteiger partial charge is 0.310 e. The lowest BCUT2D eigenvalue weighted by molar-refractivity contribution is 0.592. The lowest BCUT2D eigenvalue weighted by atomic mass is 9.72. The molecule has 1 aliphatic rings. The molecule has 4 heterocycles. The van der Waals surface area contributed by atoms with Gasteiger partial charge in [0.15, 0.2) is 7.14 Å². The lowest BCUT2D eigenvalue weighted by Gasteiger charge is -2.42. The van der Waals surface area contributed by atoms with E-state index in [1.807, 2.05) is 91.3 Å². The highest BCUT2D eigenvalue weighted by molar-refractivity contribution is 7.85. The standard InChI is InChI=1S/C42H33N4OP/c1-42(2)36-27-30(38-14-6-8-25-44-38)16-22-40(36)46(41-23-17-31(28-37(41)42)39-15-7-9-26-45-39)32-18-20-34(21-19-32)48(47,33-11-4-3-5-12-33)35-13-10-24-43-29-35/h3-29H,1-2H3. The maximum absolute atomic E-state index is 15.1. The van der Waals surface area contributed by atoms with E-state index < -0.39 is 7.14 Å². The summed E-state index contributed by atoms with van der Waals surface area (Å²) in [5, 5.41) is 2.26. The first-order chi connectivity index (χ1) is 23.4. The summed E-state index contributed by atoms with van der Waals surface area (Å²) < 4.78 is 15.1. The van der Waals surface area contributed by atoms with E-state index in [-0.39, 0.29) is 5.41 Å². The van der Waals surface area contributed by atoms with Crippen LogP contribution in [0.1, 0.15) is 25.0 Å². The van der Waals surface area contributed by atoms with Crippen LogP contribution in [-0.4, -0.2) is 15.0 Å². The molecule has 8 rings (SSSR count). The van der Waals surface area contributed by atoms with Crippen molar-refractivity contribution in [3.05, 3.63) is 175 Å². The van der Waals surface area contributed by atoms with Crippen molar-refractivity contribution in [1.29, 1.82) is 0 Å². The van der Waals surface area contributed by atoms with Crippen molar-refractivity contribution in [1.82, 2.24) is 15.0 Å². The second-order valence-corrected chi connectivity index (χ2v) is 15.3. The molecule has 0 fully saturated rings. The topological polar surface area (TPSA) is 59.0 Å². The number of anilines is 3. The highest BCUT2D eigenvalue weighted by Gasteiger charge is 2.38. The van der Waals surface area contributed by atoms with Crippen LogP contribution in [0.3, 0.4) is 0 Å². The van der Waals surface area contributed by atoms with Crippen LogP contribution < -0.4 is 20.8 Å². The van der Waals surface area contributed by atoms with Crippen molar-refractivity contribution in [2.75, 3.05) is 4.90 Å². The van der Waals surface area contributed by atoms with Crippen LogP contribution in [0.15, 0.2) is 164 Å². The van der Waals surface area contributed by atoms with E-state index in [4.69, 9.17) is 0 Å². The Kier molecular flexibility index (Phi) is 7.35. The molecule has 232 valence electrons. The monoisotopic (exact) mass is 640 g/mol. The van der Waals surface area contributed by atoms with E-state index in [1.165, 1.54) is 11.1 Å². The van der Waals surface area contributed by atoms with Crippen LogP contribution in [0, 0.1) is 0 Å². The number of rotatable bonds is 6. The van der Waals surface area contributed by atoms with Gasteiger partial charge < -0.3 is 9.46 Å². The third-order valence-corrected chi connectivity index (χ3v) is 12.4.